The lowest BCUT2D eigenvalue weighted by Gasteiger charge is -2.30. The number of rotatable bonds is 8. The van der Waals surface area contributed by atoms with Crippen molar-refractivity contribution in [3.8, 4) is 6.07 Å². The van der Waals surface area contributed by atoms with Gasteiger partial charge in [-0.2, -0.15) is 5.26 Å². The molecule has 2 aromatic heterocycles. The minimum atomic E-state index is -0.438. The minimum Gasteiger partial charge on any atom is -0.381 e. The summed E-state index contributed by atoms with van der Waals surface area (Å²) < 4.78 is 10.8. The molecule has 0 spiro atoms. The zero-order valence-corrected chi connectivity index (χ0v) is 21.9. The lowest BCUT2D eigenvalue weighted by atomic mass is 10.0. The number of fused-ring (bicyclic) bond motifs is 1. The van der Waals surface area contributed by atoms with Crippen LogP contribution in [0.25, 0.3) is 0 Å². The molecule has 5 rings (SSSR count). The summed E-state index contributed by atoms with van der Waals surface area (Å²) in [6.45, 7) is 2.32. The normalized spacial score (nSPS) is 18.0. The first-order valence-corrected chi connectivity index (χ1v) is 13.1. The number of anilines is 3. The van der Waals surface area contributed by atoms with Crippen LogP contribution in [0.5, 0.6) is 0 Å². The fourth-order valence-electron chi connectivity index (χ4n) is 4.87. The fraction of sp³-hybridized carbons (Fsp3) is 0.481. The highest BCUT2D eigenvalue weighted by Crippen LogP contribution is 2.39. The molecule has 0 atom stereocenters. The number of hydrogen-bond acceptors (Lipinski definition) is 9. The molecule has 204 valence electrons. The molecule has 0 unspecified atom stereocenters. The Morgan fingerprint density at radius 1 is 1.31 bits per heavy atom. The monoisotopic (exact) mass is 533 g/mol. The van der Waals surface area contributed by atoms with Crippen molar-refractivity contribution in [2.75, 3.05) is 55.5 Å². The largest absolute Gasteiger partial charge is 0.381 e. The van der Waals surface area contributed by atoms with Crippen molar-refractivity contribution in [2.24, 2.45) is 0 Å². The summed E-state index contributed by atoms with van der Waals surface area (Å²) >= 11 is 0. The van der Waals surface area contributed by atoms with Gasteiger partial charge in [0.15, 0.2) is 6.29 Å². The van der Waals surface area contributed by atoms with Crippen molar-refractivity contribution in [3.05, 3.63) is 40.7 Å². The van der Waals surface area contributed by atoms with E-state index >= 15 is 0 Å². The van der Waals surface area contributed by atoms with Gasteiger partial charge in [0.2, 0.25) is 5.91 Å². The number of aromatic nitrogens is 2. The third-order valence-corrected chi connectivity index (χ3v) is 7.39. The Morgan fingerprint density at radius 3 is 2.90 bits per heavy atom. The van der Waals surface area contributed by atoms with Crippen LogP contribution in [0.2, 0.25) is 0 Å². The zero-order valence-electron chi connectivity index (χ0n) is 21.9. The molecule has 2 aliphatic heterocycles. The Balaban J connectivity index is 1.33. The van der Waals surface area contributed by atoms with E-state index in [1.165, 1.54) is 11.1 Å². The summed E-state index contributed by atoms with van der Waals surface area (Å²) in [5.41, 5.74) is 2.38. The van der Waals surface area contributed by atoms with Gasteiger partial charge in [0.1, 0.15) is 30.0 Å². The van der Waals surface area contributed by atoms with Crippen LogP contribution >= 0.6 is 0 Å². The Labute approximate surface area is 226 Å². The van der Waals surface area contributed by atoms with Crippen molar-refractivity contribution in [2.45, 2.75) is 44.2 Å². The number of nitrogens with zero attached hydrogens (tertiary/aromatic N) is 5. The second-order valence-electron chi connectivity index (χ2n) is 10.0. The third kappa shape index (κ3) is 5.84. The summed E-state index contributed by atoms with van der Waals surface area (Å²) in [5.74, 6) is 0.573. The second-order valence-corrected chi connectivity index (χ2v) is 10.0. The zero-order chi connectivity index (χ0) is 27.4. The van der Waals surface area contributed by atoms with Crippen LogP contribution in [0.1, 0.15) is 52.9 Å². The van der Waals surface area contributed by atoms with Crippen molar-refractivity contribution >= 4 is 35.5 Å². The van der Waals surface area contributed by atoms with Gasteiger partial charge in [-0.25, -0.2) is 14.8 Å². The van der Waals surface area contributed by atoms with Crippen molar-refractivity contribution in [1.29, 1.82) is 5.26 Å². The fourth-order valence-corrected chi connectivity index (χ4v) is 4.87. The summed E-state index contributed by atoms with van der Waals surface area (Å²) in [6.07, 6.45) is 6.10. The Kier molecular flexibility index (Phi) is 7.72. The first kappa shape index (κ1) is 26.5. The van der Waals surface area contributed by atoms with E-state index in [-0.39, 0.29) is 36.2 Å². The van der Waals surface area contributed by atoms with Gasteiger partial charge in [0, 0.05) is 57.7 Å². The average molecular weight is 534 g/mol. The molecule has 3 amide bonds. The highest BCUT2D eigenvalue weighted by Gasteiger charge is 2.42. The molecule has 12 heteroatoms. The minimum absolute atomic E-state index is 0.0244. The summed E-state index contributed by atoms with van der Waals surface area (Å²) in [6, 6.07) is 5.18. The number of aryl methyl sites for hydroxylation is 1. The van der Waals surface area contributed by atoms with Crippen molar-refractivity contribution in [1.82, 2.24) is 14.9 Å². The number of amides is 3. The summed E-state index contributed by atoms with van der Waals surface area (Å²) in [4.78, 5) is 49.6. The molecule has 2 N–H and O–H groups in total. The molecule has 1 aliphatic carbocycles. The van der Waals surface area contributed by atoms with Gasteiger partial charge in [0.05, 0.1) is 16.9 Å². The molecule has 0 aromatic carbocycles. The van der Waals surface area contributed by atoms with E-state index in [0.717, 1.165) is 24.8 Å². The van der Waals surface area contributed by atoms with Crippen LogP contribution in [0.15, 0.2) is 18.3 Å². The highest BCUT2D eigenvalue weighted by molar-refractivity contribution is 6.02. The Morgan fingerprint density at radius 2 is 2.15 bits per heavy atom. The number of hydrogen-bond donors (Lipinski definition) is 2. The van der Waals surface area contributed by atoms with E-state index in [9.17, 15) is 19.6 Å². The lowest BCUT2D eigenvalue weighted by Crippen LogP contribution is -2.40. The van der Waals surface area contributed by atoms with E-state index in [0.29, 0.717) is 68.0 Å². The molecule has 1 saturated carbocycles. The van der Waals surface area contributed by atoms with Crippen LogP contribution in [0.4, 0.5) is 22.1 Å². The quantitative estimate of drug-likeness (QED) is 0.488. The van der Waals surface area contributed by atoms with E-state index in [4.69, 9.17) is 9.47 Å². The first-order chi connectivity index (χ1) is 18.9. The number of methoxy groups -OCH3 is 1. The molecule has 4 heterocycles. The summed E-state index contributed by atoms with van der Waals surface area (Å²) in [7, 11) is 1.67. The summed E-state index contributed by atoms with van der Waals surface area (Å²) in [5, 5.41) is 15.5. The number of nitriles is 1. The first-order valence-electron chi connectivity index (χ1n) is 13.1. The number of carbonyl (C=O) groups excluding carboxylic acids is 3. The molecule has 2 aromatic rings. The maximum absolute atomic E-state index is 13.3. The van der Waals surface area contributed by atoms with E-state index in [1.807, 2.05) is 6.07 Å². The number of pyridine rings is 2. The predicted molar refractivity (Wildman–Crippen MR) is 142 cm³/mol. The molecule has 0 radical (unpaired) electrons. The number of ether oxygens (including phenoxy) is 2. The molecule has 3 aliphatic rings. The van der Waals surface area contributed by atoms with Gasteiger partial charge in [-0.3, -0.25) is 19.8 Å². The van der Waals surface area contributed by atoms with Gasteiger partial charge < -0.3 is 19.7 Å². The second kappa shape index (κ2) is 11.3. The van der Waals surface area contributed by atoms with Crippen LogP contribution in [0.3, 0.4) is 0 Å². The van der Waals surface area contributed by atoms with Gasteiger partial charge in [-0.1, -0.05) is 0 Å². The van der Waals surface area contributed by atoms with Crippen LogP contribution in [0, 0.1) is 11.3 Å². The molecule has 0 bridgehead atoms. The Hall–Kier alpha value is -4.08. The van der Waals surface area contributed by atoms with E-state index in [2.05, 4.69) is 26.7 Å². The molecular weight excluding hydrogens is 502 g/mol. The number of nitrogens with one attached hydrogen (secondary N) is 2. The maximum atomic E-state index is 13.3. The van der Waals surface area contributed by atoms with E-state index < -0.39 is 6.03 Å². The molecular formula is C27H31N7O5. The van der Waals surface area contributed by atoms with Crippen LogP contribution < -0.4 is 15.5 Å². The Bertz CT molecular complexity index is 1320. The van der Waals surface area contributed by atoms with Crippen molar-refractivity contribution in [3.63, 3.8) is 0 Å². The topological polar surface area (TPSA) is 150 Å². The standard InChI is InChI=1S/C27H31N7O5/c1-38-27(5-6-27)17-30-21-11-23(29-13-20(21)12-28)32-26(37)34-8-2-4-18-10-19(22(15-35)31-25(18)34)14-33-7-3-9-39-16-24(33)36/h10-11,13,15H,2-9,14,16-17H2,1H3,(H2,29,30,32,37). The third-order valence-electron chi connectivity index (χ3n) is 7.39. The molecule has 1 saturated heterocycles. The molecule has 39 heavy (non-hydrogen) atoms. The SMILES string of the molecule is COC1(CNc2cc(NC(=O)N3CCCc4cc(CN5CCCOCC5=O)c(C=O)nc43)ncc2C#N)CC1. The highest BCUT2D eigenvalue weighted by atomic mass is 16.5. The number of aldehydes is 1. The predicted octanol–water partition coefficient (Wildman–Crippen LogP) is 2.49. The number of urea groups is 1. The average Bonchev–Trinajstić information content (AvgIpc) is 3.77. The molecule has 12 nitrogen and oxygen atoms in total. The lowest BCUT2D eigenvalue weighted by molar-refractivity contribution is -0.134. The molecule has 2 fully saturated rings. The number of carbonyl (C=O) groups is 3. The van der Waals surface area contributed by atoms with Crippen molar-refractivity contribution < 1.29 is 23.9 Å². The van der Waals surface area contributed by atoms with Gasteiger partial charge >= 0.3 is 6.03 Å². The van der Waals surface area contributed by atoms with E-state index in [1.54, 1.807) is 18.1 Å². The maximum Gasteiger partial charge on any atom is 0.328 e. The van der Waals surface area contributed by atoms with Gasteiger partial charge in [0.25, 0.3) is 0 Å². The van der Waals surface area contributed by atoms with Gasteiger partial charge in [-0.15, -0.1) is 0 Å². The smallest absolute Gasteiger partial charge is 0.328 e. The van der Waals surface area contributed by atoms with Crippen LogP contribution in [-0.2, 0) is 27.2 Å². The van der Waals surface area contributed by atoms with Crippen LogP contribution in [-0.4, -0.2) is 78.7 Å². The van der Waals surface area contributed by atoms with Gasteiger partial charge in [-0.05, 0) is 43.7 Å².